The summed E-state index contributed by atoms with van der Waals surface area (Å²) in [5, 5.41) is 3.07. The lowest BCUT2D eigenvalue weighted by Gasteiger charge is -2.18. The molecular formula is C22H23N3O2. The number of carbonyl (C=O) groups is 1. The summed E-state index contributed by atoms with van der Waals surface area (Å²) in [6, 6.07) is 15.7. The predicted octanol–water partition coefficient (Wildman–Crippen LogP) is 4.12. The first-order valence-corrected chi connectivity index (χ1v) is 9.48. The summed E-state index contributed by atoms with van der Waals surface area (Å²) < 4.78 is 5.80. The van der Waals surface area contributed by atoms with Crippen LogP contribution >= 0.6 is 0 Å². The fourth-order valence-corrected chi connectivity index (χ4v) is 3.45. The van der Waals surface area contributed by atoms with Gasteiger partial charge in [0.1, 0.15) is 5.75 Å². The summed E-state index contributed by atoms with van der Waals surface area (Å²) in [4.78, 5) is 21.4. The van der Waals surface area contributed by atoms with E-state index in [0.29, 0.717) is 11.8 Å². The lowest BCUT2D eigenvalue weighted by Crippen LogP contribution is -2.41. The minimum absolute atomic E-state index is 0.0497. The number of fused-ring (bicyclic) bond motifs is 1. The first-order chi connectivity index (χ1) is 13.2. The zero-order valence-electron chi connectivity index (χ0n) is 15.4. The van der Waals surface area contributed by atoms with E-state index < -0.39 is 6.10 Å². The van der Waals surface area contributed by atoms with Gasteiger partial charge in [-0.15, -0.1) is 0 Å². The van der Waals surface area contributed by atoms with E-state index >= 15 is 0 Å². The molecule has 1 aliphatic carbocycles. The first kappa shape index (κ1) is 17.5. The highest BCUT2D eigenvalue weighted by molar-refractivity contribution is 5.81. The van der Waals surface area contributed by atoms with E-state index in [2.05, 4.69) is 15.3 Å². The number of benzene rings is 2. The number of aromatic nitrogens is 2. The van der Waals surface area contributed by atoms with Crippen molar-refractivity contribution in [1.29, 1.82) is 0 Å². The Hall–Kier alpha value is -2.95. The van der Waals surface area contributed by atoms with Crippen LogP contribution in [0.4, 0.5) is 0 Å². The van der Waals surface area contributed by atoms with Crippen LogP contribution in [-0.4, -0.2) is 28.0 Å². The van der Waals surface area contributed by atoms with Gasteiger partial charge in [0.25, 0.3) is 5.91 Å². The highest BCUT2D eigenvalue weighted by atomic mass is 16.5. The van der Waals surface area contributed by atoms with E-state index in [4.69, 9.17) is 4.74 Å². The minimum atomic E-state index is -0.517. The second kappa shape index (κ2) is 7.74. The molecule has 0 saturated heterocycles. The molecule has 4 rings (SSSR count). The zero-order valence-corrected chi connectivity index (χ0v) is 15.4. The molecule has 0 unspecified atom stereocenters. The van der Waals surface area contributed by atoms with Crippen molar-refractivity contribution >= 4 is 16.9 Å². The van der Waals surface area contributed by atoms with Crippen molar-refractivity contribution in [2.45, 2.75) is 44.8 Å². The Balaban J connectivity index is 1.42. The van der Waals surface area contributed by atoms with E-state index in [1.165, 1.54) is 12.8 Å². The molecule has 27 heavy (non-hydrogen) atoms. The molecule has 1 aromatic heterocycles. The number of para-hydroxylation sites is 2. The fourth-order valence-electron chi connectivity index (χ4n) is 3.45. The number of hydrogen-bond acceptors (Lipinski definition) is 4. The van der Waals surface area contributed by atoms with E-state index in [1.54, 1.807) is 13.1 Å². The van der Waals surface area contributed by atoms with Crippen molar-refractivity contribution in [3.05, 3.63) is 54.7 Å². The SMILES string of the molecule is C[C@H](Oc1ccc(-c2cnc3ccccc3n2)cc1)C(=O)NC1CCCC1. The van der Waals surface area contributed by atoms with Crippen LogP contribution in [0, 0.1) is 0 Å². The maximum atomic E-state index is 12.3. The van der Waals surface area contributed by atoms with Gasteiger partial charge in [-0.3, -0.25) is 9.78 Å². The molecule has 1 saturated carbocycles. The van der Waals surface area contributed by atoms with Crippen LogP contribution in [0.1, 0.15) is 32.6 Å². The Morgan fingerprint density at radius 3 is 2.52 bits per heavy atom. The molecule has 138 valence electrons. The van der Waals surface area contributed by atoms with Crippen LogP contribution in [0.5, 0.6) is 5.75 Å². The van der Waals surface area contributed by atoms with Gasteiger partial charge in [-0.05, 0) is 56.2 Å². The average Bonchev–Trinajstić information content (AvgIpc) is 3.21. The van der Waals surface area contributed by atoms with Crippen molar-refractivity contribution in [3.8, 4) is 17.0 Å². The molecule has 5 nitrogen and oxygen atoms in total. The summed E-state index contributed by atoms with van der Waals surface area (Å²) in [5.41, 5.74) is 3.52. The Morgan fingerprint density at radius 1 is 1.07 bits per heavy atom. The van der Waals surface area contributed by atoms with Crippen molar-refractivity contribution in [2.24, 2.45) is 0 Å². The number of hydrogen-bond donors (Lipinski definition) is 1. The third-order valence-electron chi connectivity index (χ3n) is 4.98. The van der Waals surface area contributed by atoms with Crippen molar-refractivity contribution in [1.82, 2.24) is 15.3 Å². The molecule has 1 heterocycles. The normalized spacial score (nSPS) is 15.6. The third kappa shape index (κ3) is 4.08. The molecule has 0 radical (unpaired) electrons. The van der Waals surface area contributed by atoms with Crippen LogP contribution in [0.3, 0.4) is 0 Å². The molecule has 0 bridgehead atoms. The molecule has 1 aliphatic rings. The summed E-state index contributed by atoms with van der Waals surface area (Å²) in [7, 11) is 0. The van der Waals surface area contributed by atoms with Gasteiger partial charge in [-0.1, -0.05) is 25.0 Å². The maximum absolute atomic E-state index is 12.3. The first-order valence-electron chi connectivity index (χ1n) is 9.48. The molecule has 1 fully saturated rings. The molecule has 0 spiro atoms. The highest BCUT2D eigenvalue weighted by Crippen LogP contribution is 2.23. The zero-order chi connectivity index (χ0) is 18.6. The Bertz CT molecular complexity index is 934. The summed E-state index contributed by atoms with van der Waals surface area (Å²) in [6.45, 7) is 1.78. The van der Waals surface area contributed by atoms with Crippen molar-refractivity contribution < 1.29 is 9.53 Å². The van der Waals surface area contributed by atoms with Crippen LogP contribution in [0.15, 0.2) is 54.7 Å². The molecule has 5 heteroatoms. The smallest absolute Gasteiger partial charge is 0.260 e. The number of rotatable bonds is 5. The number of amides is 1. The molecule has 1 N–H and O–H groups in total. The summed E-state index contributed by atoms with van der Waals surface area (Å²) >= 11 is 0. The molecular weight excluding hydrogens is 338 g/mol. The molecule has 3 aromatic rings. The van der Waals surface area contributed by atoms with Gasteiger partial charge in [0.15, 0.2) is 6.10 Å². The van der Waals surface area contributed by atoms with E-state index in [0.717, 1.165) is 35.1 Å². The monoisotopic (exact) mass is 361 g/mol. The van der Waals surface area contributed by atoms with E-state index in [1.807, 2.05) is 48.5 Å². The number of nitrogens with one attached hydrogen (secondary N) is 1. The molecule has 1 atom stereocenters. The predicted molar refractivity (Wildman–Crippen MR) is 105 cm³/mol. The summed E-state index contributed by atoms with van der Waals surface area (Å²) in [5.74, 6) is 0.618. The minimum Gasteiger partial charge on any atom is -0.481 e. The molecule has 1 amide bonds. The van der Waals surface area contributed by atoms with Crippen LogP contribution in [-0.2, 0) is 4.79 Å². The van der Waals surface area contributed by atoms with Crippen molar-refractivity contribution in [2.75, 3.05) is 0 Å². The number of ether oxygens (including phenoxy) is 1. The Labute approximate surface area is 158 Å². The third-order valence-corrected chi connectivity index (χ3v) is 4.98. The summed E-state index contributed by atoms with van der Waals surface area (Å²) in [6.07, 6.45) is 5.78. The Kier molecular flexibility index (Phi) is 5.01. The lowest BCUT2D eigenvalue weighted by molar-refractivity contribution is -0.127. The number of nitrogens with zero attached hydrogens (tertiary/aromatic N) is 2. The average molecular weight is 361 g/mol. The van der Waals surface area contributed by atoms with Crippen LogP contribution < -0.4 is 10.1 Å². The highest BCUT2D eigenvalue weighted by Gasteiger charge is 2.21. The standard InChI is InChI=1S/C22H23N3O2/c1-15(22(26)24-17-6-2-3-7-17)27-18-12-10-16(11-13-18)21-14-23-19-8-4-5-9-20(19)25-21/h4-5,8-15,17H,2-3,6-7H2,1H3,(H,24,26)/t15-/m0/s1. The van der Waals surface area contributed by atoms with Crippen molar-refractivity contribution in [3.63, 3.8) is 0 Å². The molecule has 2 aromatic carbocycles. The second-order valence-electron chi connectivity index (χ2n) is 7.02. The van der Waals surface area contributed by atoms with Gasteiger partial charge in [-0.2, -0.15) is 0 Å². The second-order valence-corrected chi connectivity index (χ2v) is 7.02. The quantitative estimate of drug-likeness (QED) is 0.742. The Morgan fingerprint density at radius 2 is 1.78 bits per heavy atom. The van der Waals surface area contributed by atoms with E-state index in [9.17, 15) is 4.79 Å². The van der Waals surface area contributed by atoms with Gasteiger partial charge in [0.2, 0.25) is 0 Å². The van der Waals surface area contributed by atoms with Crippen LogP contribution in [0.2, 0.25) is 0 Å². The van der Waals surface area contributed by atoms with Gasteiger partial charge in [0, 0.05) is 11.6 Å². The van der Waals surface area contributed by atoms with Crippen LogP contribution in [0.25, 0.3) is 22.3 Å². The fraction of sp³-hybridized carbons (Fsp3) is 0.318. The van der Waals surface area contributed by atoms with Gasteiger partial charge >= 0.3 is 0 Å². The topological polar surface area (TPSA) is 64.1 Å². The van der Waals surface area contributed by atoms with Gasteiger partial charge in [-0.25, -0.2) is 4.98 Å². The molecule has 0 aliphatic heterocycles. The largest absolute Gasteiger partial charge is 0.481 e. The number of carbonyl (C=O) groups excluding carboxylic acids is 1. The maximum Gasteiger partial charge on any atom is 0.260 e. The van der Waals surface area contributed by atoms with Gasteiger partial charge < -0.3 is 10.1 Å². The van der Waals surface area contributed by atoms with E-state index in [-0.39, 0.29) is 5.91 Å². The lowest BCUT2D eigenvalue weighted by atomic mass is 10.1. The van der Waals surface area contributed by atoms with Gasteiger partial charge in [0.05, 0.1) is 22.9 Å².